The normalized spacial score (nSPS) is 19.3. The van der Waals surface area contributed by atoms with Crippen LogP contribution in [0.25, 0.3) is 11.0 Å². The van der Waals surface area contributed by atoms with Crippen molar-refractivity contribution in [3.05, 3.63) is 59.7 Å². The van der Waals surface area contributed by atoms with Crippen molar-refractivity contribution in [3.63, 3.8) is 0 Å². The lowest BCUT2D eigenvalue weighted by molar-refractivity contribution is -0.127. The fourth-order valence-electron chi connectivity index (χ4n) is 5.02. The highest BCUT2D eigenvalue weighted by molar-refractivity contribution is 7.98. The van der Waals surface area contributed by atoms with Gasteiger partial charge in [-0.25, -0.2) is 4.98 Å². The molecule has 5 rings (SSSR count). The highest BCUT2D eigenvalue weighted by Gasteiger charge is 2.30. The molecule has 1 aliphatic carbocycles. The predicted octanol–water partition coefficient (Wildman–Crippen LogP) is 5.16. The predicted molar refractivity (Wildman–Crippen MR) is 136 cm³/mol. The van der Waals surface area contributed by atoms with Crippen molar-refractivity contribution in [2.75, 3.05) is 13.1 Å². The number of thioether (sulfide) groups is 1. The Labute approximate surface area is 204 Å². The van der Waals surface area contributed by atoms with Crippen molar-refractivity contribution in [2.24, 2.45) is 5.92 Å². The molecule has 2 heterocycles. The number of nitrogens with one attached hydrogen (secondary N) is 2. The van der Waals surface area contributed by atoms with Crippen LogP contribution in [0.15, 0.2) is 53.7 Å². The van der Waals surface area contributed by atoms with Gasteiger partial charge in [-0.15, -0.1) is 0 Å². The number of hydrogen-bond donors (Lipinski definition) is 2. The summed E-state index contributed by atoms with van der Waals surface area (Å²) in [6.07, 6.45) is 7.58. The molecular weight excluding hydrogens is 444 g/mol. The molecule has 1 atom stereocenters. The van der Waals surface area contributed by atoms with Gasteiger partial charge in [-0.3, -0.25) is 9.59 Å². The summed E-state index contributed by atoms with van der Waals surface area (Å²) in [6.45, 7) is 1.23. The lowest BCUT2D eigenvalue weighted by Crippen LogP contribution is -2.47. The van der Waals surface area contributed by atoms with Crippen LogP contribution in [0.5, 0.6) is 0 Å². The Morgan fingerprint density at radius 3 is 2.59 bits per heavy atom. The van der Waals surface area contributed by atoms with Crippen LogP contribution in [0, 0.1) is 5.92 Å². The summed E-state index contributed by atoms with van der Waals surface area (Å²) in [4.78, 5) is 35.7. The molecule has 0 bridgehead atoms. The molecule has 2 amide bonds. The van der Waals surface area contributed by atoms with Crippen LogP contribution in [0.2, 0.25) is 0 Å². The zero-order valence-electron chi connectivity index (χ0n) is 19.5. The van der Waals surface area contributed by atoms with E-state index < -0.39 is 0 Å². The number of aromatic amines is 1. The number of rotatable bonds is 6. The Kier molecular flexibility index (Phi) is 7.19. The molecular formula is C27H32N4O2S. The zero-order chi connectivity index (χ0) is 23.3. The van der Waals surface area contributed by atoms with Crippen molar-refractivity contribution < 1.29 is 9.59 Å². The number of likely N-dealkylation sites (tertiary alicyclic amines) is 1. The summed E-state index contributed by atoms with van der Waals surface area (Å²) in [5.41, 5.74) is 3.84. The monoisotopic (exact) mass is 476 g/mol. The van der Waals surface area contributed by atoms with E-state index in [1.54, 1.807) is 11.8 Å². The molecule has 0 spiro atoms. The van der Waals surface area contributed by atoms with Crippen molar-refractivity contribution in [2.45, 2.75) is 61.9 Å². The van der Waals surface area contributed by atoms with Gasteiger partial charge in [0.15, 0.2) is 5.16 Å². The maximum atomic E-state index is 13.1. The van der Waals surface area contributed by atoms with E-state index in [0.29, 0.717) is 18.2 Å². The summed E-state index contributed by atoms with van der Waals surface area (Å²) in [6, 6.07) is 16.2. The molecule has 0 radical (unpaired) electrons. The minimum absolute atomic E-state index is 0.0200. The van der Waals surface area contributed by atoms with E-state index in [4.69, 9.17) is 0 Å². The number of para-hydroxylation sites is 2. The number of aromatic nitrogens is 2. The molecule has 6 nitrogen and oxygen atoms in total. The second kappa shape index (κ2) is 10.6. The Morgan fingerprint density at radius 2 is 1.79 bits per heavy atom. The highest BCUT2D eigenvalue weighted by Crippen LogP contribution is 2.25. The third-order valence-corrected chi connectivity index (χ3v) is 7.92. The van der Waals surface area contributed by atoms with Gasteiger partial charge in [0.25, 0.3) is 5.91 Å². The van der Waals surface area contributed by atoms with Gasteiger partial charge in [0.05, 0.1) is 17.0 Å². The summed E-state index contributed by atoms with van der Waals surface area (Å²) < 4.78 is 0. The SMILES string of the molecule is O=C(NC1CCCCC1)C1CCCN(C(=O)c2ccc(CSc3nc4ccccc4[nH]3)cc2)C1. The quantitative estimate of drug-likeness (QED) is 0.482. The number of carbonyl (C=O) groups excluding carboxylic acids is 2. The fourth-order valence-corrected chi connectivity index (χ4v) is 5.86. The van der Waals surface area contributed by atoms with Gasteiger partial charge in [0.2, 0.25) is 5.91 Å². The zero-order valence-corrected chi connectivity index (χ0v) is 20.3. The van der Waals surface area contributed by atoms with Crippen LogP contribution in [0.3, 0.4) is 0 Å². The number of H-pyrrole nitrogens is 1. The molecule has 178 valence electrons. The average molecular weight is 477 g/mol. The van der Waals surface area contributed by atoms with E-state index in [1.165, 1.54) is 19.3 Å². The Morgan fingerprint density at radius 1 is 1.00 bits per heavy atom. The number of nitrogens with zero attached hydrogens (tertiary/aromatic N) is 2. The van der Waals surface area contributed by atoms with Gasteiger partial charge >= 0.3 is 0 Å². The standard InChI is InChI=1S/C27H32N4O2S/c32-25(28-22-8-2-1-3-9-22)21-7-6-16-31(17-21)26(33)20-14-12-19(13-15-20)18-34-27-29-23-10-4-5-11-24(23)30-27/h4-5,10-15,21-22H,1-3,6-9,16-18H2,(H,28,32)(H,29,30). The Hall–Kier alpha value is -2.80. The molecule has 1 aromatic heterocycles. The first-order valence-electron chi connectivity index (χ1n) is 12.4. The van der Waals surface area contributed by atoms with Gasteiger partial charge in [-0.1, -0.05) is 55.3 Å². The van der Waals surface area contributed by atoms with Crippen LogP contribution >= 0.6 is 11.8 Å². The number of hydrogen-bond acceptors (Lipinski definition) is 4. The third kappa shape index (κ3) is 5.46. The molecule has 34 heavy (non-hydrogen) atoms. The number of piperidine rings is 1. The smallest absolute Gasteiger partial charge is 0.253 e. The molecule has 7 heteroatoms. The van der Waals surface area contributed by atoms with E-state index in [9.17, 15) is 9.59 Å². The topological polar surface area (TPSA) is 78.1 Å². The van der Waals surface area contributed by atoms with Crippen LogP contribution in [-0.4, -0.2) is 45.8 Å². The van der Waals surface area contributed by atoms with Crippen molar-refractivity contribution >= 4 is 34.6 Å². The lowest BCUT2D eigenvalue weighted by Gasteiger charge is -2.33. The minimum atomic E-state index is -0.0980. The highest BCUT2D eigenvalue weighted by atomic mass is 32.2. The van der Waals surface area contributed by atoms with Crippen LogP contribution < -0.4 is 5.32 Å². The molecule has 2 N–H and O–H groups in total. The van der Waals surface area contributed by atoms with Gasteiger partial charge in [-0.05, 0) is 55.5 Å². The van der Waals surface area contributed by atoms with Gasteiger partial charge in [-0.2, -0.15) is 0 Å². The largest absolute Gasteiger partial charge is 0.353 e. The molecule has 2 aliphatic rings. The maximum absolute atomic E-state index is 13.1. The third-order valence-electron chi connectivity index (χ3n) is 6.98. The van der Waals surface area contributed by atoms with E-state index in [-0.39, 0.29) is 17.7 Å². The second-order valence-electron chi connectivity index (χ2n) is 9.48. The second-order valence-corrected chi connectivity index (χ2v) is 10.4. The molecule has 1 saturated carbocycles. The Bertz CT molecular complexity index is 1100. The number of imidazole rings is 1. The van der Waals surface area contributed by atoms with Gasteiger partial charge in [0.1, 0.15) is 0 Å². The first-order valence-corrected chi connectivity index (χ1v) is 13.4. The summed E-state index contributed by atoms with van der Waals surface area (Å²) in [5.74, 6) is 0.828. The number of fused-ring (bicyclic) bond motifs is 1. The number of benzene rings is 2. The lowest BCUT2D eigenvalue weighted by atomic mass is 9.92. The Balaban J connectivity index is 1.15. The fraction of sp³-hybridized carbons (Fsp3) is 0.444. The minimum Gasteiger partial charge on any atom is -0.353 e. The molecule has 2 aromatic carbocycles. The van der Waals surface area contributed by atoms with E-state index in [1.807, 2.05) is 53.4 Å². The molecule has 3 aromatic rings. The summed E-state index contributed by atoms with van der Waals surface area (Å²) in [7, 11) is 0. The first-order chi connectivity index (χ1) is 16.7. The van der Waals surface area contributed by atoms with Crippen molar-refractivity contribution in [3.8, 4) is 0 Å². The molecule has 1 unspecified atom stereocenters. The van der Waals surface area contributed by atoms with Gasteiger partial charge < -0.3 is 15.2 Å². The van der Waals surface area contributed by atoms with E-state index in [2.05, 4.69) is 15.3 Å². The first kappa shape index (κ1) is 23.0. The maximum Gasteiger partial charge on any atom is 0.253 e. The average Bonchev–Trinajstić information content (AvgIpc) is 3.31. The summed E-state index contributed by atoms with van der Waals surface area (Å²) >= 11 is 1.65. The molecule has 1 saturated heterocycles. The van der Waals surface area contributed by atoms with Crippen LogP contribution in [0.1, 0.15) is 60.9 Å². The molecule has 1 aliphatic heterocycles. The van der Waals surface area contributed by atoms with E-state index >= 15 is 0 Å². The van der Waals surface area contributed by atoms with Gasteiger partial charge in [0, 0.05) is 30.4 Å². The van der Waals surface area contributed by atoms with Crippen molar-refractivity contribution in [1.29, 1.82) is 0 Å². The van der Waals surface area contributed by atoms with Crippen LogP contribution in [0.4, 0.5) is 0 Å². The van der Waals surface area contributed by atoms with E-state index in [0.717, 1.165) is 59.7 Å². The number of amides is 2. The number of carbonyl (C=O) groups is 2. The molecule has 2 fully saturated rings. The summed E-state index contributed by atoms with van der Waals surface area (Å²) in [5, 5.41) is 4.14. The van der Waals surface area contributed by atoms with Crippen molar-refractivity contribution in [1.82, 2.24) is 20.2 Å². The van der Waals surface area contributed by atoms with Crippen LogP contribution in [-0.2, 0) is 10.5 Å².